The smallest absolute Gasteiger partial charge is 0.432 e. The molecule has 0 aliphatic carbocycles. The van der Waals surface area contributed by atoms with Crippen LogP contribution in [-0.4, -0.2) is 27.9 Å². The first-order valence-electron chi connectivity index (χ1n) is 4.60. The summed E-state index contributed by atoms with van der Waals surface area (Å²) in [5, 5.41) is 0. The van der Waals surface area contributed by atoms with Crippen molar-refractivity contribution in [2.24, 2.45) is 0 Å². The Labute approximate surface area is 101 Å². The molecule has 14 heavy (non-hydrogen) atoms. The first-order valence-corrected chi connectivity index (χ1v) is 8.10. The van der Waals surface area contributed by atoms with Gasteiger partial charge in [-0.1, -0.05) is 26.2 Å². The molecule has 0 bridgehead atoms. The van der Waals surface area contributed by atoms with Crippen LogP contribution in [0.1, 0.15) is 6.92 Å². The van der Waals surface area contributed by atoms with E-state index in [0.717, 1.165) is 6.61 Å². The Morgan fingerprint density at radius 2 is 1.86 bits per heavy atom. The van der Waals surface area contributed by atoms with Crippen LogP contribution in [0.15, 0.2) is 0 Å². The summed E-state index contributed by atoms with van der Waals surface area (Å²) in [4.78, 5) is 0. The van der Waals surface area contributed by atoms with Gasteiger partial charge in [0, 0.05) is 14.7 Å². The predicted molar refractivity (Wildman–Crippen MR) is 57.9 cm³/mol. The van der Waals surface area contributed by atoms with E-state index in [2.05, 4.69) is 31.1 Å². The van der Waals surface area contributed by atoms with Crippen molar-refractivity contribution >= 4 is 8.07 Å². The van der Waals surface area contributed by atoms with Crippen molar-refractivity contribution in [3.63, 3.8) is 0 Å². The van der Waals surface area contributed by atoms with E-state index in [1.165, 1.54) is 0 Å². The van der Waals surface area contributed by atoms with Gasteiger partial charge in [-0.2, -0.15) is 0 Å². The Morgan fingerprint density at radius 1 is 1.21 bits per heavy atom. The average Bonchev–Trinajstić information content (AvgIpc) is 2.01. The Kier molecular flexibility index (Phi) is 11.5. The molecule has 0 saturated heterocycles. The molecule has 76 valence electrons. The van der Waals surface area contributed by atoms with E-state index < -0.39 is 8.07 Å². The molecule has 0 rings (SSSR count). The van der Waals surface area contributed by atoms with Crippen molar-refractivity contribution in [2.45, 2.75) is 26.6 Å². The monoisotopic (exact) mass is 206 g/mol. The van der Waals surface area contributed by atoms with E-state index >= 15 is 0 Å². The molecule has 0 aromatic rings. The first kappa shape index (κ1) is 16.6. The van der Waals surface area contributed by atoms with Gasteiger partial charge < -0.3 is 15.0 Å². The third kappa shape index (κ3) is 14.7. The average molecular weight is 206 g/mol. The molecule has 0 unspecified atom stereocenters. The van der Waals surface area contributed by atoms with Gasteiger partial charge in [0.2, 0.25) is 0 Å². The summed E-state index contributed by atoms with van der Waals surface area (Å²) < 4.78 is 10.2. The number of hydrogen-bond donors (Lipinski definition) is 0. The minimum atomic E-state index is -1.24. The normalized spacial score (nSPS) is 9.71. The summed E-state index contributed by atoms with van der Waals surface area (Å²) in [6.07, 6.45) is 0. The maximum atomic E-state index is 5.13. The van der Waals surface area contributed by atoms with Crippen LogP contribution in [0.3, 0.4) is 0 Å². The third-order valence-electron chi connectivity index (χ3n) is 1.14. The Hall–Kier alpha value is 0.164. The maximum Gasteiger partial charge on any atom is 1.00 e. The van der Waals surface area contributed by atoms with Crippen molar-refractivity contribution in [2.75, 3.05) is 19.8 Å². The molecular weight excluding hydrogens is 187 g/mol. The van der Waals surface area contributed by atoms with E-state index in [9.17, 15) is 0 Å². The van der Waals surface area contributed by atoms with Crippen LogP contribution < -0.4 is 18.9 Å². The molecule has 2 nitrogen and oxygen atoms in total. The second-order valence-corrected chi connectivity index (χ2v) is 8.45. The maximum absolute atomic E-state index is 5.13. The summed E-state index contributed by atoms with van der Waals surface area (Å²) in [5.74, 6) is 2.91. The molecule has 0 heterocycles. The van der Waals surface area contributed by atoms with Gasteiger partial charge in [0.05, 0.1) is 13.2 Å². The zero-order chi connectivity index (χ0) is 10.2. The molecule has 0 spiro atoms. The van der Waals surface area contributed by atoms with E-state index in [1.54, 1.807) is 6.61 Å². The standard InChI is InChI=1S/C10H19O2Si.Li/c1-5-11-8-9-12-7-6-10-13(2,3)4;/h7H,5,8-9H2,1-4H3;/q-1;+1. The molecule has 0 aromatic heterocycles. The SMILES string of the molecule is CCOCCO[CH-]C#C[Si](C)(C)C.[Li+]. The number of ether oxygens (including phenoxy) is 2. The van der Waals surface area contributed by atoms with Crippen LogP contribution in [0.2, 0.25) is 19.6 Å². The fourth-order valence-corrected chi connectivity index (χ4v) is 1.09. The van der Waals surface area contributed by atoms with Gasteiger partial charge >= 0.3 is 18.9 Å². The Balaban J connectivity index is 0. The summed E-state index contributed by atoms with van der Waals surface area (Å²) in [5.41, 5.74) is 3.18. The second-order valence-electron chi connectivity index (χ2n) is 3.70. The van der Waals surface area contributed by atoms with Crippen molar-refractivity contribution in [1.82, 2.24) is 0 Å². The zero-order valence-electron chi connectivity index (χ0n) is 10.0. The second kappa shape index (κ2) is 9.71. The van der Waals surface area contributed by atoms with Crippen LogP contribution in [-0.2, 0) is 9.47 Å². The topological polar surface area (TPSA) is 18.5 Å². The quantitative estimate of drug-likeness (QED) is 0.251. The van der Waals surface area contributed by atoms with Crippen LogP contribution in [0.4, 0.5) is 0 Å². The number of hydrogen-bond acceptors (Lipinski definition) is 2. The van der Waals surface area contributed by atoms with Crippen LogP contribution in [0.5, 0.6) is 0 Å². The molecule has 4 heteroatoms. The van der Waals surface area contributed by atoms with Crippen LogP contribution in [0, 0.1) is 18.1 Å². The molecule has 0 N–H and O–H groups in total. The first-order chi connectivity index (χ1) is 6.06. The minimum Gasteiger partial charge on any atom is -0.432 e. The molecule has 0 aliphatic rings. The van der Waals surface area contributed by atoms with Crippen LogP contribution in [0.25, 0.3) is 0 Å². The summed E-state index contributed by atoms with van der Waals surface area (Å²) in [6, 6.07) is 0. The van der Waals surface area contributed by atoms with Gasteiger partial charge in [-0.05, 0) is 6.92 Å². The van der Waals surface area contributed by atoms with Gasteiger partial charge in [0.1, 0.15) is 0 Å². The molecule has 0 atom stereocenters. The summed E-state index contributed by atoms with van der Waals surface area (Å²) >= 11 is 0. The van der Waals surface area contributed by atoms with Crippen LogP contribution >= 0.6 is 0 Å². The Morgan fingerprint density at radius 3 is 2.36 bits per heavy atom. The zero-order valence-corrected chi connectivity index (χ0v) is 11.0. The van der Waals surface area contributed by atoms with E-state index in [0.29, 0.717) is 13.2 Å². The van der Waals surface area contributed by atoms with Crippen molar-refractivity contribution in [1.29, 1.82) is 0 Å². The van der Waals surface area contributed by atoms with Gasteiger partial charge in [-0.15, -0.1) is 0 Å². The van der Waals surface area contributed by atoms with Gasteiger partial charge in [0.15, 0.2) is 0 Å². The number of rotatable bonds is 5. The molecule has 0 radical (unpaired) electrons. The van der Waals surface area contributed by atoms with Crippen molar-refractivity contribution in [3.8, 4) is 11.5 Å². The minimum absolute atomic E-state index is 0. The van der Waals surface area contributed by atoms with E-state index in [1.807, 2.05) is 6.92 Å². The van der Waals surface area contributed by atoms with Gasteiger partial charge in [-0.25, -0.2) is 0 Å². The van der Waals surface area contributed by atoms with Crippen molar-refractivity contribution < 1.29 is 28.3 Å². The van der Waals surface area contributed by atoms with E-state index in [4.69, 9.17) is 9.47 Å². The molecule has 0 saturated carbocycles. The molecule has 0 aliphatic heterocycles. The van der Waals surface area contributed by atoms with Gasteiger partial charge in [0.25, 0.3) is 0 Å². The van der Waals surface area contributed by atoms with Crippen molar-refractivity contribution in [3.05, 3.63) is 6.61 Å². The fraction of sp³-hybridized carbons (Fsp3) is 0.700. The Bertz CT molecular complexity index is 179. The fourth-order valence-electron chi connectivity index (χ4n) is 0.598. The largest absolute Gasteiger partial charge is 1.00 e. The summed E-state index contributed by atoms with van der Waals surface area (Å²) in [6.45, 7) is 12.1. The molecular formula is C10H19LiO2Si. The molecule has 0 fully saturated rings. The summed E-state index contributed by atoms with van der Waals surface area (Å²) in [7, 11) is -1.24. The molecule has 0 amide bonds. The molecule has 0 aromatic carbocycles. The van der Waals surface area contributed by atoms with Gasteiger partial charge in [-0.3, -0.25) is 5.92 Å². The predicted octanol–water partition coefficient (Wildman–Crippen LogP) is -0.914. The third-order valence-corrected chi connectivity index (χ3v) is 2.03. The van der Waals surface area contributed by atoms with E-state index in [-0.39, 0.29) is 18.9 Å².